The Balaban J connectivity index is 1.51. The summed E-state index contributed by atoms with van der Waals surface area (Å²) < 4.78 is 7.07. The number of carbonyl (C=O) groups excluding carboxylic acids is 1. The van der Waals surface area contributed by atoms with Crippen molar-refractivity contribution in [1.82, 2.24) is 20.0 Å². The van der Waals surface area contributed by atoms with E-state index < -0.39 is 0 Å². The van der Waals surface area contributed by atoms with Crippen molar-refractivity contribution in [2.75, 3.05) is 6.54 Å². The summed E-state index contributed by atoms with van der Waals surface area (Å²) in [5.41, 5.74) is 1.58. The van der Waals surface area contributed by atoms with Gasteiger partial charge in [0.25, 0.3) is 5.91 Å². The van der Waals surface area contributed by atoms with Crippen LogP contribution in [-0.4, -0.2) is 27.2 Å². The maximum atomic E-state index is 12.0. The minimum atomic E-state index is -0.250. The first-order valence-electron chi connectivity index (χ1n) is 7.09. The summed E-state index contributed by atoms with van der Waals surface area (Å²) in [6.07, 6.45) is 6.20. The van der Waals surface area contributed by atoms with Gasteiger partial charge >= 0.3 is 0 Å². The van der Waals surface area contributed by atoms with Gasteiger partial charge in [0.05, 0.1) is 6.33 Å². The molecule has 0 aliphatic heterocycles. The van der Waals surface area contributed by atoms with E-state index in [-0.39, 0.29) is 11.7 Å². The highest BCUT2D eigenvalue weighted by Gasteiger charge is 2.13. The number of hydrogen-bond acceptors (Lipinski definition) is 4. The van der Waals surface area contributed by atoms with Crippen molar-refractivity contribution in [1.29, 1.82) is 0 Å². The molecule has 22 heavy (non-hydrogen) atoms. The van der Waals surface area contributed by atoms with E-state index in [9.17, 15) is 4.79 Å². The summed E-state index contributed by atoms with van der Waals surface area (Å²) >= 11 is 0. The standard InChI is InChI=1S/C16H16N4O2/c21-16(18-7-4-9-20-10-8-17-12-20)15-11-14(19-22-15)13-5-2-1-3-6-13/h1-3,5-6,8,10-12H,4,7,9H2,(H,18,21). The first-order chi connectivity index (χ1) is 10.8. The predicted octanol–water partition coefficient (Wildman–Crippen LogP) is 2.36. The van der Waals surface area contributed by atoms with Crippen LogP contribution in [0.1, 0.15) is 17.0 Å². The number of amides is 1. The normalized spacial score (nSPS) is 10.5. The van der Waals surface area contributed by atoms with Crippen molar-refractivity contribution in [3.05, 3.63) is 60.9 Å². The molecule has 0 atom stereocenters. The maximum absolute atomic E-state index is 12.0. The second-order valence-corrected chi connectivity index (χ2v) is 4.85. The second-order valence-electron chi connectivity index (χ2n) is 4.85. The third kappa shape index (κ3) is 3.41. The fourth-order valence-corrected chi connectivity index (χ4v) is 2.10. The SMILES string of the molecule is O=C(NCCCn1ccnc1)c1cc(-c2ccccc2)no1. The molecule has 3 aromatic rings. The molecule has 6 nitrogen and oxygen atoms in total. The van der Waals surface area contributed by atoms with Crippen LogP contribution in [0, 0.1) is 0 Å². The number of aromatic nitrogens is 3. The van der Waals surface area contributed by atoms with Crippen LogP contribution in [-0.2, 0) is 6.54 Å². The zero-order valence-electron chi connectivity index (χ0n) is 12.0. The molecule has 0 saturated heterocycles. The van der Waals surface area contributed by atoms with Gasteiger partial charge in [-0.15, -0.1) is 0 Å². The fourth-order valence-electron chi connectivity index (χ4n) is 2.10. The van der Waals surface area contributed by atoms with Crippen LogP contribution in [0.4, 0.5) is 0 Å². The molecule has 0 spiro atoms. The van der Waals surface area contributed by atoms with E-state index in [1.165, 1.54) is 0 Å². The Hall–Kier alpha value is -2.89. The monoisotopic (exact) mass is 296 g/mol. The van der Waals surface area contributed by atoms with E-state index in [4.69, 9.17) is 4.52 Å². The summed E-state index contributed by atoms with van der Waals surface area (Å²) in [5, 5.41) is 6.75. The van der Waals surface area contributed by atoms with Gasteiger partial charge in [0.15, 0.2) is 0 Å². The summed E-state index contributed by atoms with van der Waals surface area (Å²) in [7, 11) is 0. The Bertz CT molecular complexity index is 720. The maximum Gasteiger partial charge on any atom is 0.289 e. The summed E-state index contributed by atoms with van der Waals surface area (Å²) in [4.78, 5) is 16.0. The van der Waals surface area contributed by atoms with Gasteiger partial charge in [0, 0.05) is 37.1 Å². The van der Waals surface area contributed by atoms with Gasteiger partial charge in [-0.2, -0.15) is 0 Å². The highest BCUT2D eigenvalue weighted by atomic mass is 16.5. The molecule has 0 aliphatic rings. The number of nitrogens with zero attached hydrogens (tertiary/aromatic N) is 3. The molecule has 2 heterocycles. The topological polar surface area (TPSA) is 73.0 Å². The van der Waals surface area contributed by atoms with Gasteiger partial charge in [-0.3, -0.25) is 4.79 Å². The largest absolute Gasteiger partial charge is 0.350 e. The van der Waals surface area contributed by atoms with Gasteiger partial charge in [0.2, 0.25) is 5.76 Å². The van der Waals surface area contributed by atoms with Crippen molar-refractivity contribution >= 4 is 5.91 Å². The van der Waals surface area contributed by atoms with E-state index >= 15 is 0 Å². The molecule has 0 saturated carbocycles. The highest BCUT2D eigenvalue weighted by molar-refractivity contribution is 5.92. The number of benzene rings is 1. The molecule has 1 N–H and O–H groups in total. The summed E-state index contributed by atoms with van der Waals surface area (Å²) in [6.45, 7) is 1.38. The number of carbonyl (C=O) groups is 1. The summed E-state index contributed by atoms with van der Waals surface area (Å²) in [5.74, 6) is -0.0261. The molecule has 1 amide bonds. The molecule has 2 aromatic heterocycles. The van der Waals surface area contributed by atoms with Gasteiger partial charge < -0.3 is 14.4 Å². The molecule has 0 fully saturated rings. The van der Waals surface area contributed by atoms with Crippen LogP contribution in [0.2, 0.25) is 0 Å². The zero-order chi connectivity index (χ0) is 15.2. The van der Waals surface area contributed by atoms with Crippen LogP contribution in [0.3, 0.4) is 0 Å². The van der Waals surface area contributed by atoms with E-state index in [1.54, 1.807) is 18.6 Å². The number of aryl methyl sites for hydroxylation is 1. The first-order valence-corrected chi connectivity index (χ1v) is 7.09. The Morgan fingerprint density at radius 2 is 2.14 bits per heavy atom. The van der Waals surface area contributed by atoms with Crippen molar-refractivity contribution in [3.63, 3.8) is 0 Å². The Kier molecular flexibility index (Phi) is 4.29. The van der Waals surface area contributed by atoms with Crippen molar-refractivity contribution in [2.24, 2.45) is 0 Å². The fraction of sp³-hybridized carbons (Fsp3) is 0.188. The van der Waals surface area contributed by atoms with Gasteiger partial charge in [-0.25, -0.2) is 4.98 Å². The average molecular weight is 296 g/mol. The summed E-state index contributed by atoms with van der Waals surface area (Å²) in [6, 6.07) is 11.3. The average Bonchev–Trinajstić information content (AvgIpc) is 3.24. The van der Waals surface area contributed by atoms with E-state index in [2.05, 4.69) is 15.5 Å². The van der Waals surface area contributed by atoms with E-state index in [0.717, 1.165) is 18.5 Å². The van der Waals surface area contributed by atoms with E-state index in [0.29, 0.717) is 12.2 Å². The molecule has 3 rings (SSSR count). The quantitative estimate of drug-likeness (QED) is 0.709. The van der Waals surface area contributed by atoms with Crippen molar-refractivity contribution in [2.45, 2.75) is 13.0 Å². The van der Waals surface area contributed by atoms with Gasteiger partial charge in [0.1, 0.15) is 5.69 Å². The zero-order valence-corrected chi connectivity index (χ0v) is 12.0. The van der Waals surface area contributed by atoms with Crippen LogP contribution in [0.5, 0.6) is 0 Å². The van der Waals surface area contributed by atoms with Gasteiger partial charge in [-0.05, 0) is 6.42 Å². The number of imidazole rings is 1. The molecular weight excluding hydrogens is 280 g/mol. The Labute approximate surface area is 127 Å². The van der Waals surface area contributed by atoms with E-state index in [1.807, 2.05) is 41.1 Å². The number of rotatable bonds is 6. The van der Waals surface area contributed by atoms with Crippen LogP contribution >= 0.6 is 0 Å². The molecular formula is C16H16N4O2. The molecule has 0 unspecified atom stereocenters. The van der Waals surface area contributed by atoms with Crippen LogP contribution in [0.25, 0.3) is 11.3 Å². The minimum Gasteiger partial charge on any atom is -0.350 e. The third-order valence-corrected chi connectivity index (χ3v) is 3.24. The number of hydrogen-bond donors (Lipinski definition) is 1. The lowest BCUT2D eigenvalue weighted by molar-refractivity contribution is 0.0916. The molecule has 1 aromatic carbocycles. The molecule has 0 bridgehead atoms. The molecule has 0 aliphatic carbocycles. The molecule has 0 radical (unpaired) electrons. The lowest BCUT2D eigenvalue weighted by atomic mass is 10.1. The second kappa shape index (κ2) is 6.71. The first kappa shape index (κ1) is 14.1. The van der Waals surface area contributed by atoms with Crippen molar-refractivity contribution in [3.8, 4) is 11.3 Å². The molecule has 112 valence electrons. The Morgan fingerprint density at radius 3 is 2.91 bits per heavy atom. The lowest BCUT2D eigenvalue weighted by Crippen LogP contribution is -2.24. The lowest BCUT2D eigenvalue weighted by Gasteiger charge is -2.03. The predicted molar refractivity (Wildman–Crippen MR) is 81.1 cm³/mol. The van der Waals surface area contributed by atoms with Crippen molar-refractivity contribution < 1.29 is 9.32 Å². The van der Waals surface area contributed by atoms with Gasteiger partial charge in [-0.1, -0.05) is 35.5 Å². The Morgan fingerprint density at radius 1 is 1.27 bits per heavy atom. The number of nitrogens with one attached hydrogen (secondary N) is 1. The molecule has 6 heteroatoms. The van der Waals surface area contributed by atoms with Crippen LogP contribution < -0.4 is 5.32 Å². The third-order valence-electron chi connectivity index (χ3n) is 3.24. The minimum absolute atomic E-state index is 0.224. The highest BCUT2D eigenvalue weighted by Crippen LogP contribution is 2.18. The van der Waals surface area contributed by atoms with Crippen LogP contribution in [0.15, 0.2) is 59.6 Å². The smallest absolute Gasteiger partial charge is 0.289 e.